The summed E-state index contributed by atoms with van der Waals surface area (Å²) in [4.78, 5) is 4.07. The zero-order valence-corrected chi connectivity index (χ0v) is 9.86. The van der Waals surface area contributed by atoms with Gasteiger partial charge in [-0.15, -0.1) is 0 Å². The molecule has 3 nitrogen and oxygen atoms in total. The third kappa shape index (κ3) is 6.32. The van der Waals surface area contributed by atoms with E-state index in [0.29, 0.717) is 0 Å². The molecule has 1 rings (SSSR count). The molecule has 0 radical (unpaired) electrons. The Labute approximate surface area is 97.5 Å². The molecule has 0 aliphatic rings. The number of rotatable bonds is 8. The Bertz CT molecular complexity index is 285. The molecule has 0 bridgehead atoms. The maximum absolute atomic E-state index is 4.94. The van der Waals surface area contributed by atoms with Crippen LogP contribution in [-0.4, -0.2) is 31.8 Å². The summed E-state index contributed by atoms with van der Waals surface area (Å²) in [6.07, 6.45) is 10.1. The topological polar surface area (TPSA) is 34.1 Å². The summed E-state index contributed by atoms with van der Waals surface area (Å²) in [6, 6.07) is 4.06. The van der Waals surface area contributed by atoms with Crippen LogP contribution in [-0.2, 0) is 11.2 Å². The Kier molecular flexibility index (Phi) is 7.30. The van der Waals surface area contributed by atoms with E-state index in [1.54, 1.807) is 13.3 Å². The van der Waals surface area contributed by atoms with Crippen LogP contribution in [0.1, 0.15) is 12.0 Å². The van der Waals surface area contributed by atoms with Gasteiger partial charge in [0.25, 0.3) is 0 Å². The summed E-state index contributed by atoms with van der Waals surface area (Å²) in [6.45, 7) is 2.71. The minimum Gasteiger partial charge on any atom is -0.383 e. The molecule has 0 atom stereocenters. The third-order valence-electron chi connectivity index (χ3n) is 2.21. The lowest BCUT2D eigenvalue weighted by Crippen LogP contribution is -2.19. The molecule has 1 aromatic heterocycles. The van der Waals surface area contributed by atoms with Gasteiger partial charge in [-0.05, 0) is 31.0 Å². The van der Waals surface area contributed by atoms with E-state index in [2.05, 4.69) is 28.5 Å². The van der Waals surface area contributed by atoms with Gasteiger partial charge in [-0.3, -0.25) is 4.98 Å². The summed E-state index contributed by atoms with van der Waals surface area (Å²) < 4.78 is 4.94. The van der Waals surface area contributed by atoms with Crippen molar-refractivity contribution in [2.45, 2.75) is 12.8 Å². The Morgan fingerprint density at radius 1 is 1.38 bits per heavy atom. The second-order valence-corrected chi connectivity index (χ2v) is 3.57. The van der Waals surface area contributed by atoms with Crippen LogP contribution in [0.15, 0.2) is 36.7 Å². The molecule has 3 heteroatoms. The molecule has 1 N–H and O–H groups in total. The summed E-state index contributed by atoms with van der Waals surface area (Å²) in [5.41, 5.74) is 1.26. The molecule has 0 aromatic carbocycles. The lowest BCUT2D eigenvalue weighted by Gasteiger charge is -2.00. The number of ether oxygens (including phenoxy) is 1. The number of hydrogen-bond donors (Lipinski definition) is 1. The summed E-state index contributed by atoms with van der Waals surface area (Å²) in [5.74, 6) is 0. The number of methoxy groups -OCH3 is 1. The molecule has 1 aromatic rings. The molecule has 1 heterocycles. The Morgan fingerprint density at radius 3 is 3.06 bits per heavy atom. The molecule has 0 aliphatic heterocycles. The third-order valence-corrected chi connectivity index (χ3v) is 2.21. The second-order valence-electron chi connectivity index (χ2n) is 3.57. The number of nitrogens with zero attached hydrogens (tertiary/aromatic N) is 1. The van der Waals surface area contributed by atoms with Crippen molar-refractivity contribution >= 4 is 0 Å². The Morgan fingerprint density at radius 2 is 2.31 bits per heavy atom. The van der Waals surface area contributed by atoms with Crippen LogP contribution in [0.3, 0.4) is 0 Å². The normalized spacial score (nSPS) is 11.1. The largest absolute Gasteiger partial charge is 0.383 e. The highest BCUT2D eigenvalue weighted by Crippen LogP contribution is 1.97. The predicted molar refractivity (Wildman–Crippen MR) is 66.4 cm³/mol. The van der Waals surface area contributed by atoms with Gasteiger partial charge < -0.3 is 10.1 Å². The van der Waals surface area contributed by atoms with Crippen molar-refractivity contribution in [3.63, 3.8) is 0 Å². The zero-order valence-electron chi connectivity index (χ0n) is 9.86. The molecule has 0 unspecified atom stereocenters. The van der Waals surface area contributed by atoms with Gasteiger partial charge in [0.1, 0.15) is 0 Å². The Balaban J connectivity index is 2.01. The molecule has 0 saturated carbocycles. The molecule has 0 spiro atoms. The number of nitrogens with one attached hydrogen (secondary N) is 1. The molecule has 0 saturated heterocycles. The van der Waals surface area contributed by atoms with Crippen LogP contribution in [0.4, 0.5) is 0 Å². The van der Waals surface area contributed by atoms with Gasteiger partial charge in [0, 0.05) is 26.0 Å². The van der Waals surface area contributed by atoms with E-state index in [4.69, 9.17) is 4.74 Å². The first kappa shape index (κ1) is 12.9. The first-order valence-corrected chi connectivity index (χ1v) is 5.67. The predicted octanol–water partition coefficient (Wildman–Crippen LogP) is 1.81. The van der Waals surface area contributed by atoms with Gasteiger partial charge in [0.15, 0.2) is 0 Å². The van der Waals surface area contributed by atoms with Gasteiger partial charge in [-0.1, -0.05) is 18.2 Å². The van der Waals surface area contributed by atoms with Crippen LogP contribution >= 0.6 is 0 Å². The minimum absolute atomic E-state index is 0.777. The first-order valence-electron chi connectivity index (χ1n) is 5.67. The average molecular weight is 220 g/mol. The number of aromatic nitrogens is 1. The van der Waals surface area contributed by atoms with E-state index in [9.17, 15) is 0 Å². The Hall–Kier alpha value is -1.19. The van der Waals surface area contributed by atoms with Crippen molar-refractivity contribution in [3.05, 3.63) is 42.2 Å². The first-order chi connectivity index (χ1) is 7.93. The molecule has 0 aliphatic carbocycles. The fraction of sp³-hybridized carbons (Fsp3) is 0.462. The smallest absolute Gasteiger partial charge is 0.0587 e. The lowest BCUT2D eigenvalue weighted by atomic mass is 10.2. The highest BCUT2D eigenvalue weighted by molar-refractivity contribution is 5.12. The van der Waals surface area contributed by atoms with Crippen molar-refractivity contribution in [1.82, 2.24) is 10.3 Å². The van der Waals surface area contributed by atoms with E-state index < -0.39 is 0 Å². The molecule has 0 amide bonds. The highest BCUT2D eigenvalue weighted by atomic mass is 16.5. The number of allylic oxidation sites excluding steroid dienone is 1. The van der Waals surface area contributed by atoms with Crippen molar-refractivity contribution in [2.75, 3.05) is 26.8 Å². The molecular weight excluding hydrogens is 200 g/mol. The van der Waals surface area contributed by atoms with Gasteiger partial charge in [0.2, 0.25) is 0 Å². The molecule has 16 heavy (non-hydrogen) atoms. The maximum Gasteiger partial charge on any atom is 0.0587 e. The molecule has 0 fully saturated rings. The molecule has 88 valence electrons. The van der Waals surface area contributed by atoms with Crippen molar-refractivity contribution in [3.8, 4) is 0 Å². The van der Waals surface area contributed by atoms with Crippen molar-refractivity contribution in [2.24, 2.45) is 0 Å². The number of pyridine rings is 1. The van der Waals surface area contributed by atoms with Crippen LogP contribution in [0.5, 0.6) is 0 Å². The highest BCUT2D eigenvalue weighted by Gasteiger charge is 1.87. The lowest BCUT2D eigenvalue weighted by molar-refractivity contribution is 0.199. The summed E-state index contributed by atoms with van der Waals surface area (Å²) in [7, 11) is 1.72. The maximum atomic E-state index is 4.94. The van der Waals surface area contributed by atoms with E-state index in [1.807, 2.05) is 12.3 Å². The van der Waals surface area contributed by atoms with Gasteiger partial charge in [-0.25, -0.2) is 0 Å². The fourth-order valence-electron chi connectivity index (χ4n) is 1.34. The van der Waals surface area contributed by atoms with E-state index in [0.717, 1.165) is 32.5 Å². The van der Waals surface area contributed by atoms with E-state index in [1.165, 1.54) is 5.56 Å². The summed E-state index contributed by atoms with van der Waals surface area (Å²) >= 11 is 0. The van der Waals surface area contributed by atoms with Crippen molar-refractivity contribution in [1.29, 1.82) is 0 Å². The second kappa shape index (κ2) is 9.07. The van der Waals surface area contributed by atoms with Gasteiger partial charge in [-0.2, -0.15) is 0 Å². The number of hydrogen-bond acceptors (Lipinski definition) is 3. The quantitative estimate of drug-likeness (QED) is 0.536. The fourth-order valence-corrected chi connectivity index (χ4v) is 1.34. The van der Waals surface area contributed by atoms with Gasteiger partial charge >= 0.3 is 0 Å². The minimum atomic E-state index is 0.777. The average Bonchev–Trinajstić information content (AvgIpc) is 2.34. The monoisotopic (exact) mass is 220 g/mol. The van der Waals surface area contributed by atoms with E-state index >= 15 is 0 Å². The zero-order chi connectivity index (χ0) is 11.5. The van der Waals surface area contributed by atoms with Gasteiger partial charge in [0.05, 0.1) is 6.61 Å². The van der Waals surface area contributed by atoms with Crippen LogP contribution in [0, 0.1) is 0 Å². The summed E-state index contributed by atoms with van der Waals surface area (Å²) in [5, 5.41) is 3.30. The van der Waals surface area contributed by atoms with Crippen LogP contribution in [0.2, 0.25) is 0 Å². The van der Waals surface area contributed by atoms with Crippen molar-refractivity contribution < 1.29 is 4.74 Å². The molecular formula is C13H20N2O. The van der Waals surface area contributed by atoms with Crippen LogP contribution in [0.25, 0.3) is 0 Å². The SMILES string of the molecule is COCCNCC/C=C/Cc1cccnc1. The standard InChI is InChI=1S/C13H20N2O/c1-16-11-10-14-8-4-2-3-6-13-7-5-9-15-12-13/h2-3,5,7,9,12,14H,4,6,8,10-11H2,1H3/b3-2+. The van der Waals surface area contributed by atoms with E-state index in [-0.39, 0.29) is 0 Å². The van der Waals surface area contributed by atoms with Crippen LogP contribution < -0.4 is 5.32 Å².